The third-order valence-electron chi connectivity index (χ3n) is 4.79. The predicted octanol–water partition coefficient (Wildman–Crippen LogP) is 3.06. The monoisotopic (exact) mass is 366 g/mol. The number of para-hydroxylation sites is 1. The van der Waals surface area contributed by atoms with Gasteiger partial charge in [0, 0.05) is 44.4 Å². The van der Waals surface area contributed by atoms with E-state index in [2.05, 4.69) is 17.0 Å². The van der Waals surface area contributed by atoms with Crippen molar-refractivity contribution in [3.05, 3.63) is 65.7 Å². The summed E-state index contributed by atoms with van der Waals surface area (Å²) in [6.45, 7) is 4.13. The van der Waals surface area contributed by atoms with E-state index in [0.29, 0.717) is 0 Å². The lowest BCUT2D eigenvalue weighted by Gasteiger charge is -2.34. The molecule has 0 aromatic heterocycles. The fourth-order valence-electron chi connectivity index (χ4n) is 3.19. The van der Waals surface area contributed by atoms with Crippen molar-refractivity contribution >= 4 is 12.0 Å². The van der Waals surface area contributed by atoms with Gasteiger partial charge in [0.2, 0.25) is 5.91 Å². The Hall–Kier alpha value is -2.79. The molecule has 1 aliphatic rings. The molecule has 0 bridgehead atoms. The summed E-state index contributed by atoms with van der Waals surface area (Å²) in [7, 11) is 3.31. The van der Waals surface area contributed by atoms with E-state index >= 15 is 0 Å². The molecule has 0 unspecified atom stereocenters. The highest BCUT2D eigenvalue weighted by molar-refractivity contribution is 5.92. The average Bonchev–Trinajstić information content (AvgIpc) is 2.73. The first-order valence-corrected chi connectivity index (χ1v) is 9.15. The molecular formula is C22H26N2O3. The van der Waals surface area contributed by atoms with Gasteiger partial charge in [-0.1, -0.05) is 30.3 Å². The second-order valence-corrected chi connectivity index (χ2v) is 6.52. The molecular weight excluding hydrogens is 340 g/mol. The van der Waals surface area contributed by atoms with Crippen LogP contribution >= 0.6 is 0 Å². The number of hydrogen-bond acceptors (Lipinski definition) is 4. The Balaban J connectivity index is 1.50. The maximum Gasteiger partial charge on any atom is 0.246 e. The lowest BCUT2D eigenvalue weighted by Crippen LogP contribution is -2.47. The van der Waals surface area contributed by atoms with Gasteiger partial charge in [0.1, 0.15) is 11.5 Å². The summed E-state index contributed by atoms with van der Waals surface area (Å²) in [4.78, 5) is 16.7. The summed E-state index contributed by atoms with van der Waals surface area (Å²) in [5.41, 5.74) is 2.16. The Bertz CT molecular complexity index is 778. The van der Waals surface area contributed by atoms with Crippen molar-refractivity contribution in [2.24, 2.45) is 0 Å². The van der Waals surface area contributed by atoms with Crippen molar-refractivity contribution in [3.8, 4) is 11.5 Å². The first kappa shape index (κ1) is 19.0. The van der Waals surface area contributed by atoms with Gasteiger partial charge in [0.05, 0.1) is 14.2 Å². The number of carbonyl (C=O) groups is 1. The van der Waals surface area contributed by atoms with E-state index in [0.717, 1.165) is 49.8 Å². The van der Waals surface area contributed by atoms with Crippen LogP contribution in [-0.4, -0.2) is 56.1 Å². The Morgan fingerprint density at radius 1 is 0.963 bits per heavy atom. The number of ether oxygens (including phenoxy) is 2. The molecule has 0 aliphatic carbocycles. The second kappa shape index (κ2) is 9.24. The quantitative estimate of drug-likeness (QED) is 0.737. The zero-order chi connectivity index (χ0) is 19.1. The van der Waals surface area contributed by atoms with E-state index in [1.165, 1.54) is 5.56 Å². The molecule has 142 valence electrons. The van der Waals surface area contributed by atoms with E-state index in [4.69, 9.17) is 9.47 Å². The van der Waals surface area contributed by atoms with E-state index < -0.39 is 0 Å². The van der Waals surface area contributed by atoms with Crippen molar-refractivity contribution in [1.82, 2.24) is 9.80 Å². The smallest absolute Gasteiger partial charge is 0.246 e. The number of rotatable bonds is 6. The minimum atomic E-state index is 0.0463. The third-order valence-corrected chi connectivity index (χ3v) is 4.79. The van der Waals surface area contributed by atoms with Crippen molar-refractivity contribution in [1.29, 1.82) is 0 Å². The first-order valence-electron chi connectivity index (χ1n) is 9.15. The molecule has 0 atom stereocenters. The highest BCUT2D eigenvalue weighted by Crippen LogP contribution is 2.19. The van der Waals surface area contributed by atoms with Gasteiger partial charge in [-0.2, -0.15) is 0 Å². The number of amides is 1. The van der Waals surface area contributed by atoms with E-state index in [1.54, 1.807) is 20.3 Å². The minimum absolute atomic E-state index is 0.0463. The van der Waals surface area contributed by atoms with Crippen LogP contribution in [0.5, 0.6) is 11.5 Å². The zero-order valence-electron chi connectivity index (χ0n) is 15.9. The molecule has 1 saturated heterocycles. The zero-order valence-corrected chi connectivity index (χ0v) is 15.9. The van der Waals surface area contributed by atoms with Crippen LogP contribution in [0, 0.1) is 0 Å². The molecule has 5 heteroatoms. The Morgan fingerprint density at radius 3 is 2.33 bits per heavy atom. The summed E-state index contributed by atoms with van der Waals surface area (Å²) in [5, 5.41) is 0. The molecule has 1 heterocycles. The van der Waals surface area contributed by atoms with Crippen molar-refractivity contribution in [3.63, 3.8) is 0 Å². The summed E-state index contributed by atoms with van der Waals surface area (Å²) in [6.07, 6.45) is 3.46. The van der Waals surface area contributed by atoms with E-state index in [9.17, 15) is 4.79 Å². The highest BCUT2D eigenvalue weighted by Gasteiger charge is 2.19. The molecule has 5 nitrogen and oxygen atoms in total. The van der Waals surface area contributed by atoms with Crippen LogP contribution < -0.4 is 9.47 Å². The van der Waals surface area contributed by atoms with Crippen LogP contribution in [0.4, 0.5) is 0 Å². The van der Waals surface area contributed by atoms with E-state index in [-0.39, 0.29) is 5.91 Å². The predicted molar refractivity (Wildman–Crippen MR) is 107 cm³/mol. The molecule has 3 rings (SSSR count). The van der Waals surface area contributed by atoms with Gasteiger partial charge in [-0.3, -0.25) is 9.69 Å². The average molecular weight is 366 g/mol. The normalized spacial score (nSPS) is 15.1. The lowest BCUT2D eigenvalue weighted by molar-refractivity contribution is -0.127. The number of hydrogen-bond donors (Lipinski definition) is 0. The maximum atomic E-state index is 12.5. The van der Waals surface area contributed by atoms with Crippen LogP contribution in [0.15, 0.2) is 54.6 Å². The van der Waals surface area contributed by atoms with Crippen molar-refractivity contribution in [2.75, 3.05) is 40.4 Å². The van der Waals surface area contributed by atoms with Crippen LogP contribution in [-0.2, 0) is 11.3 Å². The molecule has 0 spiro atoms. The highest BCUT2D eigenvalue weighted by atomic mass is 16.5. The molecule has 1 aliphatic heterocycles. The van der Waals surface area contributed by atoms with E-state index in [1.807, 2.05) is 47.4 Å². The molecule has 2 aromatic rings. The molecule has 0 saturated carbocycles. The van der Waals surface area contributed by atoms with Gasteiger partial charge >= 0.3 is 0 Å². The lowest BCUT2D eigenvalue weighted by atomic mass is 10.1. The first-order chi connectivity index (χ1) is 13.2. The van der Waals surface area contributed by atoms with Crippen molar-refractivity contribution in [2.45, 2.75) is 6.54 Å². The Labute approximate surface area is 160 Å². The van der Waals surface area contributed by atoms with Crippen LogP contribution in [0.3, 0.4) is 0 Å². The number of piperazine rings is 1. The molecule has 0 radical (unpaired) electrons. The minimum Gasteiger partial charge on any atom is -0.497 e. The number of carbonyl (C=O) groups excluding carboxylic acids is 1. The summed E-state index contributed by atoms with van der Waals surface area (Å²) >= 11 is 0. The standard InChI is InChI=1S/C22H26N2O3/c1-26-20-10-7-18(8-11-20)17-23-13-15-24(16-14-23)22(25)12-9-19-5-3-4-6-21(19)27-2/h3-12H,13-17H2,1-2H3/b12-9+. The largest absolute Gasteiger partial charge is 0.497 e. The van der Waals surface area contributed by atoms with Crippen LogP contribution in [0.25, 0.3) is 6.08 Å². The van der Waals surface area contributed by atoms with Crippen LogP contribution in [0.2, 0.25) is 0 Å². The fraction of sp³-hybridized carbons (Fsp3) is 0.318. The summed E-state index contributed by atoms with van der Waals surface area (Å²) < 4.78 is 10.5. The van der Waals surface area contributed by atoms with Gasteiger partial charge < -0.3 is 14.4 Å². The van der Waals surface area contributed by atoms with Gasteiger partial charge in [0.15, 0.2) is 0 Å². The molecule has 27 heavy (non-hydrogen) atoms. The summed E-state index contributed by atoms with van der Waals surface area (Å²) in [6, 6.07) is 15.8. The molecule has 0 N–H and O–H groups in total. The van der Waals surface area contributed by atoms with Gasteiger partial charge in [-0.25, -0.2) is 0 Å². The number of methoxy groups -OCH3 is 2. The molecule has 2 aromatic carbocycles. The Morgan fingerprint density at radius 2 is 1.67 bits per heavy atom. The SMILES string of the molecule is COc1ccc(CN2CCN(C(=O)/C=C/c3ccccc3OC)CC2)cc1. The van der Waals surface area contributed by atoms with Crippen molar-refractivity contribution < 1.29 is 14.3 Å². The van der Waals surface area contributed by atoms with Gasteiger partial charge in [-0.05, 0) is 29.8 Å². The second-order valence-electron chi connectivity index (χ2n) is 6.52. The van der Waals surface area contributed by atoms with Gasteiger partial charge in [-0.15, -0.1) is 0 Å². The number of nitrogens with zero attached hydrogens (tertiary/aromatic N) is 2. The Kier molecular flexibility index (Phi) is 6.49. The molecule has 1 fully saturated rings. The van der Waals surface area contributed by atoms with Crippen LogP contribution in [0.1, 0.15) is 11.1 Å². The summed E-state index contributed by atoms with van der Waals surface area (Å²) in [5.74, 6) is 1.69. The van der Waals surface area contributed by atoms with Gasteiger partial charge in [0.25, 0.3) is 0 Å². The third kappa shape index (κ3) is 5.11. The molecule has 1 amide bonds. The maximum absolute atomic E-state index is 12.5. The topological polar surface area (TPSA) is 42.0 Å². The fourth-order valence-corrected chi connectivity index (χ4v) is 3.19. The number of benzene rings is 2.